The average molecular weight is 667 g/mol. The van der Waals surface area contributed by atoms with Gasteiger partial charge in [-0.3, -0.25) is 4.79 Å². The van der Waals surface area contributed by atoms with Crippen LogP contribution in [0.5, 0.6) is 0 Å². The smallest absolute Gasteiger partial charge is 0.337 e. The third-order valence-electron chi connectivity index (χ3n) is 9.78. The lowest BCUT2D eigenvalue weighted by Crippen LogP contribution is -2.49. The number of cyclic esters (lactones) is 1. The van der Waals surface area contributed by atoms with E-state index in [1.807, 2.05) is 66.7 Å². The number of unbranched alkanes of at least 4 members (excludes halogenated alkanes) is 3. The number of hydrogen-bond donors (Lipinski definition) is 0. The van der Waals surface area contributed by atoms with Crippen molar-refractivity contribution in [2.45, 2.75) is 63.1 Å². The maximum atomic E-state index is 12.8. The molecule has 6 rings (SSSR count). The van der Waals surface area contributed by atoms with Crippen molar-refractivity contribution < 1.29 is 23.8 Å². The molecule has 0 unspecified atom stereocenters. The summed E-state index contributed by atoms with van der Waals surface area (Å²) >= 11 is 0. The van der Waals surface area contributed by atoms with Crippen LogP contribution in [0.15, 0.2) is 140 Å². The minimum absolute atomic E-state index is 0.181. The van der Waals surface area contributed by atoms with Crippen LogP contribution < -0.4 is 0 Å². The van der Waals surface area contributed by atoms with Crippen LogP contribution in [0.2, 0.25) is 0 Å². The summed E-state index contributed by atoms with van der Waals surface area (Å²) in [6, 6.07) is 47.3. The summed E-state index contributed by atoms with van der Waals surface area (Å²) in [5.74, 6) is -0.802. The van der Waals surface area contributed by atoms with Gasteiger partial charge in [0.05, 0.1) is 19.3 Å². The third-order valence-corrected chi connectivity index (χ3v) is 9.78. The van der Waals surface area contributed by atoms with Crippen molar-refractivity contribution in [3.8, 4) is 0 Å². The highest BCUT2D eigenvalue weighted by molar-refractivity contribution is 5.89. The Morgan fingerprint density at radius 2 is 1.12 bits per heavy atom. The van der Waals surface area contributed by atoms with Gasteiger partial charge in [-0.25, -0.2) is 4.79 Å². The van der Waals surface area contributed by atoms with Crippen LogP contribution >= 0.6 is 0 Å². The fraction of sp³-hybridized carbons (Fsp3) is 0.289. The Morgan fingerprint density at radius 3 is 1.64 bits per heavy atom. The molecule has 0 saturated carbocycles. The summed E-state index contributed by atoms with van der Waals surface area (Å²) in [4.78, 5) is 24.6. The van der Waals surface area contributed by atoms with E-state index in [-0.39, 0.29) is 30.6 Å². The van der Waals surface area contributed by atoms with Gasteiger partial charge in [0.1, 0.15) is 17.6 Å². The first kappa shape index (κ1) is 34.8. The zero-order valence-corrected chi connectivity index (χ0v) is 28.8. The number of hydrogen-bond acceptors (Lipinski definition) is 5. The second-order valence-corrected chi connectivity index (χ2v) is 13.1. The fourth-order valence-corrected chi connectivity index (χ4v) is 7.05. The first-order valence-electron chi connectivity index (χ1n) is 17.8. The minimum atomic E-state index is -0.867. The van der Waals surface area contributed by atoms with E-state index >= 15 is 0 Å². The Morgan fingerprint density at radius 1 is 0.620 bits per heavy atom. The number of rotatable bonds is 17. The number of methoxy groups -OCH3 is 1. The monoisotopic (exact) mass is 666 g/mol. The molecule has 256 valence electrons. The van der Waals surface area contributed by atoms with Crippen LogP contribution in [-0.2, 0) is 43.9 Å². The number of carbonyl (C=O) groups excluding carboxylic acids is 2. The van der Waals surface area contributed by atoms with Gasteiger partial charge >= 0.3 is 11.9 Å². The molecule has 50 heavy (non-hydrogen) atoms. The molecule has 0 aromatic heterocycles. The van der Waals surface area contributed by atoms with Crippen LogP contribution in [0.4, 0.5) is 0 Å². The lowest BCUT2D eigenvalue weighted by atomic mass is 9.79. The summed E-state index contributed by atoms with van der Waals surface area (Å²) < 4.78 is 17.5. The predicted octanol–water partition coefficient (Wildman–Crippen LogP) is 9.30. The lowest BCUT2D eigenvalue weighted by Gasteiger charge is -2.40. The molecule has 5 nitrogen and oxygen atoms in total. The van der Waals surface area contributed by atoms with Gasteiger partial charge in [0.25, 0.3) is 0 Å². The number of ether oxygens (including phenoxy) is 3. The summed E-state index contributed by atoms with van der Waals surface area (Å²) in [6.07, 6.45) is 7.97. The Balaban J connectivity index is 1.02. The van der Waals surface area contributed by atoms with Gasteiger partial charge in [0, 0.05) is 0 Å². The lowest BCUT2D eigenvalue weighted by molar-refractivity contribution is -0.194. The van der Waals surface area contributed by atoms with E-state index in [1.165, 1.54) is 23.8 Å². The summed E-state index contributed by atoms with van der Waals surface area (Å²) in [7, 11) is 1.41. The maximum Gasteiger partial charge on any atom is 0.337 e. The van der Waals surface area contributed by atoms with Crippen molar-refractivity contribution in [1.29, 1.82) is 0 Å². The van der Waals surface area contributed by atoms with E-state index in [1.54, 1.807) is 6.07 Å². The molecular weight excluding hydrogens is 620 g/mol. The highest BCUT2D eigenvalue weighted by Gasteiger charge is 2.45. The molecule has 1 heterocycles. The molecule has 0 aliphatic carbocycles. The summed E-state index contributed by atoms with van der Waals surface area (Å²) in [5.41, 5.74) is 6.58. The van der Waals surface area contributed by atoms with E-state index < -0.39 is 5.60 Å². The first-order chi connectivity index (χ1) is 24.6. The molecule has 1 fully saturated rings. The van der Waals surface area contributed by atoms with Gasteiger partial charge in [-0.2, -0.15) is 0 Å². The van der Waals surface area contributed by atoms with Gasteiger partial charge in [-0.15, -0.1) is 0 Å². The molecule has 5 heteroatoms. The van der Waals surface area contributed by atoms with Crippen molar-refractivity contribution in [3.05, 3.63) is 178 Å². The van der Waals surface area contributed by atoms with Crippen molar-refractivity contribution in [2.75, 3.05) is 13.7 Å². The fourth-order valence-electron chi connectivity index (χ4n) is 7.05. The van der Waals surface area contributed by atoms with Crippen molar-refractivity contribution in [2.24, 2.45) is 5.92 Å². The number of esters is 2. The van der Waals surface area contributed by atoms with E-state index in [0.29, 0.717) is 5.56 Å². The topological polar surface area (TPSA) is 61.8 Å². The maximum absolute atomic E-state index is 12.8. The molecule has 0 amide bonds. The predicted molar refractivity (Wildman–Crippen MR) is 197 cm³/mol. The third kappa shape index (κ3) is 8.40. The van der Waals surface area contributed by atoms with E-state index in [4.69, 9.17) is 14.2 Å². The molecule has 0 radical (unpaired) electrons. The molecule has 1 aliphatic rings. The second kappa shape index (κ2) is 17.1. The zero-order chi connectivity index (χ0) is 34.6. The van der Waals surface area contributed by atoms with Crippen molar-refractivity contribution in [1.82, 2.24) is 0 Å². The largest absolute Gasteiger partial charge is 0.465 e. The highest BCUT2D eigenvalue weighted by atomic mass is 16.6. The molecule has 0 bridgehead atoms. The first-order valence-corrected chi connectivity index (χ1v) is 17.8. The quantitative estimate of drug-likeness (QED) is 0.0563. The molecular formula is C45H46O5. The molecule has 5 aromatic rings. The van der Waals surface area contributed by atoms with Gasteiger partial charge in [-0.1, -0.05) is 140 Å². The van der Waals surface area contributed by atoms with E-state index in [0.717, 1.165) is 68.1 Å². The Hall–Kier alpha value is -5.00. The van der Waals surface area contributed by atoms with Gasteiger partial charge in [0.2, 0.25) is 0 Å². The Kier molecular flexibility index (Phi) is 11.9. The standard InChI is InChI=1S/C45H46O5/c1-48-43(46)37-22-16-21-35(32-37)18-8-3-2-7-17-34-19-15-20-36(31-34)29-30-42-41(44(47)50-42)33-49-45(38-23-9-4-10-24-38,39-25-11-5-12-26-39)40-27-13-6-14-28-40/h4-6,9-16,19-28,31-32,41-42H,2-3,7-8,17-18,29-30,33H2,1H3/t41-,42-/m1/s1. The van der Waals surface area contributed by atoms with Gasteiger partial charge in [-0.05, 0) is 84.0 Å². The highest BCUT2D eigenvalue weighted by Crippen LogP contribution is 2.42. The minimum Gasteiger partial charge on any atom is -0.465 e. The summed E-state index contributed by atoms with van der Waals surface area (Å²) in [5, 5.41) is 0. The Bertz CT molecular complexity index is 1720. The van der Waals surface area contributed by atoms with Crippen LogP contribution in [0.1, 0.15) is 75.8 Å². The molecule has 2 atom stereocenters. The van der Waals surface area contributed by atoms with Crippen LogP contribution in [0, 0.1) is 5.92 Å². The molecule has 0 N–H and O–H groups in total. The van der Waals surface area contributed by atoms with Gasteiger partial charge < -0.3 is 14.2 Å². The molecule has 5 aromatic carbocycles. The number of carbonyl (C=O) groups is 2. The average Bonchev–Trinajstić information content (AvgIpc) is 3.17. The molecule has 0 spiro atoms. The number of aryl methyl sites for hydroxylation is 3. The van der Waals surface area contributed by atoms with E-state index in [2.05, 4.69) is 66.7 Å². The van der Waals surface area contributed by atoms with Crippen LogP contribution in [-0.4, -0.2) is 31.8 Å². The molecule has 1 saturated heterocycles. The zero-order valence-electron chi connectivity index (χ0n) is 28.8. The number of benzene rings is 5. The summed E-state index contributed by atoms with van der Waals surface area (Å²) in [6.45, 7) is 0.263. The Labute approximate surface area is 296 Å². The van der Waals surface area contributed by atoms with E-state index in [9.17, 15) is 9.59 Å². The SMILES string of the molecule is COC(=O)c1cccc(CCCCCCc2cccc(CC[C@H]3OC(=O)[C@@H]3COC(c3ccccc3)(c3ccccc3)c3ccccc3)c2)c1. The molecule has 1 aliphatic heterocycles. The van der Waals surface area contributed by atoms with Crippen LogP contribution in [0.25, 0.3) is 0 Å². The van der Waals surface area contributed by atoms with Crippen molar-refractivity contribution in [3.63, 3.8) is 0 Å². The van der Waals surface area contributed by atoms with Gasteiger partial charge in [0.15, 0.2) is 0 Å². The van der Waals surface area contributed by atoms with Crippen molar-refractivity contribution >= 4 is 11.9 Å². The van der Waals surface area contributed by atoms with Crippen LogP contribution in [0.3, 0.4) is 0 Å². The second-order valence-electron chi connectivity index (χ2n) is 13.1. The normalized spacial score (nSPS) is 15.6.